The number of carbonyl (C=O) groups is 1. The molecule has 0 aromatic carbocycles. The number of aldehydes is 1. The predicted octanol–water partition coefficient (Wildman–Crippen LogP) is -0.0456. The summed E-state index contributed by atoms with van der Waals surface area (Å²) in [6.07, 6.45) is 3.10. The Morgan fingerprint density at radius 2 is 2.50 bits per heavy atom. The quantitative estimate of drug-likeness (QED) is 0.550. The summed E-state index contributed by atoms with van der Waals surface area (Å²) in [5.41, 5.74) is 5.63. The Morgan fingerprint density at radius 1 is 1.80 bits per heavy atom. The van der Waals surface area contributed by atoms with Gasteiger partial charge in [0.2, 0.25) is 0 Å². The van der Waals surface area contributed by atoms with E-state index in [9.17, 15) is 4.79 Å². The maximum absolute atomic E-state index is 10.4. The van der Waals surface area contributed by atoms with Crippen LogP contribution < -0.4 is 5.73 Å². The number of hydrogen-bond donors (Lipinski definition) is 1. The van der Waals surface area contributed by atoms with Gasteiger partial charge in [0.25, 0.3) is 0 Å². The Hall–Kier alpha value is -0.410. The molecule has 2 N–H and O–H groups in total. The Bertz CT molecular complexity index is 125. The Labute approximate surface area is 61.2 Å². The van der Waals surface area contributed by atoms with Crippen LogP contribution in [0, 0.1) is 0 Å². The van der Waals surface area contributed by atoms with Gasteiger partial charge in [-0.2, -0.15) is 0 Å². The van der Waals surface area contributed by atoms with E-state index in [0.29, 0.717) is 0 Å². The third-order valence-electron chi connectivity index (χ3n) is 2.02. The fourth-order valence-electron chi connectivity index (χ4n) is 1.47. The van der Waals surface area contributed by atoms with Gasteiger partial charge in [-0.3, -0.25) is 4.90 Å². The van der Waals surface area contributed by atoms with Crippen molar-refractivity contribution < 1.29 is 4.79 Å². The molecule has 0 saturated carbocycles. The minimum absolute atomic E-state index is 0.0256. The zero-order chi connectivity index (χ0) is 7.56. The fourth-order valence-corrected chi connectivity index (χ4v) is 1.47. The standard InChI is InChI=1S/C7H14N2O/c1-6(8)9-4-2-3-7(9)5-10/h5-7H,2-4,8H2,1H3. The highest BCUT2D eigenvalue weighted by molar-refractivity contribution is 5.58. The van der Waals surface area contributed by atoms with E-state index in [-0.39, 0.29) is 12.2 Å². The highest BCUT2D eigenvalue weighted by Gasteiger charge is 2.25. The highest BCUT2D eigenvalue weighted by Crippen LogP contribution is 2.15. The van der Waals surface area contributed by atoms with Crippen molar-refractivity contribution >= 4 is 6.29 Å². The maximum Gasteiger partial charge on any atom is 0.137 e. The number of carbonyl (C=O) groups excluding carboxylic acids is 1. The van der Waals surface area contributed by atoms with Crippen LogP contribution in [0.5, 0.6) is 0 Å². The van der Waals surface area contributed by atoms with Crippen LogP contribution in [0.3, 0.4) is 0 Å². The van der Waals surface area contributed by atoms with Crippen molar-refractivity contribution in [3.63, 3.8) is 0 Å². The van der Waals surface area contributed by atoms with E-state index < -0.39 is 0 Å². The molecule has 2 atom stereocenters. The molecular weight excluding hydrogens is 128 g/mol. The minimum Gasteiger partial charge on any atom is -0.316 e. The van der Waals surface area contributed by atoms with Gasteiger partial charge in [-0.25, -0.2) is 0 Å². The third kappa shape index (κ3) is 1.36. The lowest BCUT2D eigenvalue weighted by Crippen LogP contribution is -2.43. The van der Waals surface area contributed by atoms with Crippen molar-refractivity contribution in [1.29, 1.82) is 0 Å². The van der Waals surface area contributed by atoms with E-state index in [0.717, 1.165) is 25.7 Å². The van der Waals surface area contributed by atoms with E-state index in [4.69, 9.17) is 5.73 Å². The van der Waals surface area contributed by atoms with Gasteiger partial charge in [-0.15, -0.1) is 0 Å². The molecule has 0 amide bonds. The Morgan fingerprint density at radius 3 is 2.90 bits per heavy atom. The first-order chi connectivity index (χ1) is 4.75. The van der Waals surface area contributed by atoms with Crippen LogP contribution in [0.1, 0.15) is 19.8 Å². The minimum atomic E-state index is 0.0256. The van der Waals surface area contributed by atoms with Crippen LogP contribution in [-0.4, -0.2) is 29.9 Å². The first-order valence-corrected chi connectivity index (χ1v) is 3.72. The number of nitrogens with zero attached hydrogens (tertiary/aromatic N) is 1. The molecule has 1 aliphatic heterocycles. The van der Waals surface area contributed by atoms with Gasteiger partial charge >= 0.3 is 0 Å². The molecule has 1 fully saturated rings. The zero-order valence-electron chi connectivity index (χ0n) is 6.29. The Balaban J connectivity index is 2.49. The molecule has 1 rings (SSSR count). The molecule has 1 aliphatic rings. The number of rotatable bonds is 2. The van der Waals surface area contributed by atoms with Crippen molar-refractivity contribution in [2.24, 2.45) is 5.73 Å². The lowest BCUT2D eigenvalue weighted by atomic mass is 10.2. The molecule has 1 heterocycles. The third-order valence-corrected chi connectivity index (χ3v) is 2.02. The predicted molar refractivity (Wildman–Crippen MR) is 39.4 cm³/mol. The van der Waals surface area contributed by atoms with E-state index in [1.807, 2.05) is 11.8 Å². The SMILES string of the molecule is CC(N)N1CCCC1C=O. The first kappa shape index (κ1) is 7.69. The molecule has 0 radical (unpaired) electrons. The molecule has 0 aliphatic carbocycles. The average Bonchev–Trinajstić information content (AvgIpc) is 2.33. The summed E-state index contributed by atoms with van der Waals surface area (Å²) >= 11 is 0. The summed E-state index contributed by atoms with van der Waals surface area (Å²) in [6.45, 7) is 2.89. The number of hydrogen-bond acceptors (Lipinski definition) is 3. The summed E-state index contributed by atoms with van der Waals surface area (Å²) in [5, 5.41) is 0. The lowest BCUT2D eigenvalue weighted by molar-refractivity contribution is -0.112. The van der Waals surface area contributed by atoms with Gasteiger partial charge in [-0.05, 0) is 19.8 Å². The van der Waals surface area contributed by atoms with Gasteiger partial charge in [-0.1, -0.05) is 0 Å². The van der Waals surface area contributed by atoms with Crippen molar-refractivity contribution in [2.75, 3.05) is 6.54 Å². The second kappa shape index (κ2) is 3.12. The van der Waals surface area contributed by atoms with Crippen LogP contribution in [-0.2, 0) is 4.79 Å². The van der Waals surface area contributed by atoms with Crippen LogP contribution in [0.15, 0.2) is 0 Å². The highest BCUT2D eigenvalue weighted by atomic mass is 16.1. The summed E-state index contributed by atoms with van der Waals surface area (Å²) in [5.74, 6) is 0. The van der Waals surface area contributed by atoms with Crippen molar-refractivity contribution in [3.05, 3.63) is 0 Å². The second-order valence-corrected chi connectivity index (χ2v) is 2.82. The number of nitrogens with two attached hydrogens (primary N) is 1. The van der Waals surface area contributed by atoms with Gasteiger partial charge in [0.15, 0.2) is 0 Å². The van der Waals surface area contributed by atoms with E-state index in [1.54, 1.807) is 0 Å². The van der Waals surface area contributed by atoms with Crippen molar-refractivity contribution in [1.82, 2.24) is 4.90 Å². The maximum atomic E-state index is 10.4. The molecule has 0 aromatic heterocycles. The zero-order valence-corrected chi connectivity index (χ0v) is 6.29. The van der Waals surface area contributed by atoms with E-state index in [2.05, 4.69) is 0 Å². The molecule has 10 heavy (non-hydrogen) atoms. The monoisotopic (exact) mass is 142 g/mol. The fraction of sp³-hybridized carbons (Fsp3) is 0.857. The average molecular weight is 142 g/mol. The van der Waals surface area contributed by atoms with Crippen molar-refractivity contribution in [2.45, 2.75) is 32.0 Å². The molecule has 3 nitrogen and oxygen atoms in total. The molecule has 0 aromatic rings. The molecule has 1 saturated heterocycles. The van der Waals surface area contributed by atoms with Crippen molar-refractivity contribution in [3.8, 4) is 0 Å². The van der Waals surface area contributed by atoms with Crippen LogP contribution >= 0.6 is 0 Å². The number of likely N-dealkylation sites (tertiary alicyclic amines) is 1. The van der Waals surface area contributed by atoms with Crippen LogP contribution in [0.2, 0.25) is 0 Å². The summed E-state index contributed by atoms with van der Waals surface area (Å²) in [6, 6.07) is 0.0833. The summed E-state index contributed by atoms with van der Waals surface area (Å²) in [7, 11) is 0. The van der Waals surface area contributed by atoms with Crippen LogP contribution in [0.25, 0.3) is 0 Å². The van der Waals surface area contributed by atoms with E-state index in [1.165, 1.54) is 0 Å². The smallest absolute Gasteiger partial charge is 0.137 e. The van der Waals surface area contributed by atoms with Gasteiger partial charge in [0, 0.05) is 6.54 Å². The topological polar surface area (TPSA) is 46.3 Å². The second-order valence-electron chi connectivity index (χ2n) is 2.82. The van der Waals surface area contributed by atoms with Gasteiger partial charge in [0.05, 0.1) is 12.2 Å². The normalized spacial score (nSPS) is 30.4. The Kier molecular flexibility index (Phi) is 2.40. The molecule has 3 heteroatoms. The molecule has 0 spiro atoms. The first-order valence-electron chi connectivity index (χ1n) is 3.72. The van der Waals surface area contributed by atoms with E-state index >= 15 is 0 Å². The van der Waals surface area contributed by atoms with Gasteiger partial charge < -0.3 is 10.5 Å². The summed E-state index contributed by atoms with van der Waals surface area (Å²) < 4.78 is 0. The molecule has 58 valence electrons. The lowest BCUT2D eigenvalue weighted by Gasteiger charge is -2.23. The largest absolute Gasteiger partial charge is 0.316 e. The van der Waals surface area contributed by atoms with Gasteiger partial charge in [0.1, 0.15) is 6.29 Å². The van der Waals surface area contributed by atoms with Crippen LogP contribution in [0.4, 0.5) is 0 Å². The summed E-state index contributed by atoms with van der Waals surface area (Å²) in [4.78, 5) is 12.5. The molecular formula is C7H14N2O. The molecule has 0 bridgehead atoms. The molecule has 2 unspecified atom stereocenters.